The summed E-state index contributed by atoms with van der Waals surface area (Å²) in [6.45, 7) is 0. The number of hydrogen-bond acceptors (Lipinski definition) is 2. The molecular weight excluding hydrogens is 200 g/mol. The zero-order valence-corrected chi connectivity index (χ0v) is 9.87. The van der Waals surface area contributed by atoms with Gasteiger partial charge in [-0.2, -0.15) is 0 Å². The molecule has 0 bridgehead atoms. The topological polar surface area (TPSA) is 41.1 Å². The van der Waals surface area contributed by atoms with Crippen LogP contribution < -0.4 is 10.6 Å². The number of nitrogens with one attached hydrogen (secondary N) is 2. The van der Waals surface area contributed by atoms with E-state index in [1.54, 1.807) is 0 Å². The molecule has 0 radical (unpaired) electrons. The zero-order chi connectivity index (χ0) is 11.0. The Morgan fingerprint density at radius 2 is 1.62 bits per heavy atom. The summed E-state index contributed by atoms with van der Waals surface area (Å²) < 4.78 is 0. The van der Waals surface area contributed by atoms with Crippen molar-refractivity contribution in [2.75, 3.05) is 0 Å². The van der Waals surface area contributed by atoms with E-state index < -0.39 is 0 Å². The average Bonchev–Trinajstić information content (AvgIpc) is 2.97. The molecular formula is C13H22N2O. The van der Waals surface area contributed by atoms with Crippen LogP contribution in [0, 0.1) is 5.92 Å². The molecule has 3 unspecified atom stereocenters. The molecule has 0 aromatic heterocycles. The number of carbonyl (C=O) groups is 1. The first kappa shape index (κ1) is 10.6. The third-order valence-corrected chi connectivity index (χ3v) is 4.70. The Morgan fingerprint density at radius 3 is 2.31 bits per heavy atom. The standard InChI is InChI=1S/C13H22N2O/c16-13-8-7-12(15-13)11-6-5-10(14-11)9-3-1-2-4-9/h9-12,14H,1-8H2,(H,15,16). The van der Waals surface area contributed by atoms with Gasteiger partial charge in [0.25, 0.3) is 0 Å². The van der Waals surface area contributed by atoms with E-state index in [0.29, 0.717) is 12.1 Å². The highest BCUT2D eigenvalue weighted by Crippen LogP contribution is 2.33. The van der Waals surface area contributed by atoms with Gasteiger partial charge in [-0.3, -0.25) is 4.79 Å². The lowest BCUT2D eigenvalue weighted by Gasteiger charge is -2.23. The molecule has 1 amide bonds. The van der Waals surface area contributed by atoms with Gasteiger partial charge in [0.15, 0.2) is 0 Å². The Labute approximate surface area is 97.4 Å². The maximum absolute atomic E-state index is 11.2. The quantitative estimate of drug-likeness (QED) is 0.744. The van der Waals surface area contributed by atoms with Crippen molar-refractivity contribution in [3.05, 3.63) is 0 Å². The molecule has 1 aliphatic carbocycles. The molecule has 2 N–H and O–H groups in total. The van der Waals surface area contributed by atoms with Crippen molar-refractivity contribution < 1.29 is 4.79 Å². The maximum Gasteiger partial charge on any atom is 0.220 e. The van der Waals surface area contributed by atoms with Gasteiger partial charge in [0.1, 0.15) is 0 Å². The number of rotatable bonds is 2. The minimum absolute atomic E-state index is 0.246. The summed E-state index contributed by atoms with van der Waals surface area (Å²) in [5, 5.41) is 6.89. The van der Waals surface area contributed by atoms with Crippen molar-refractivity contribution in [3.8, 4) is 0 Å². The van der Waals surface area contributed by atoms with E-state index in [4.69, 9.17) is 0 Å². The molecule has 90 valence electrons. The Balaban J connectivity index is 1.54. The van der Waals surface area contributed by atoms with Crippen molar-refractivity contribution in [1.29, 1.82) is 0 Å². The number of amides is 1. The smallest absolute Gasteiger partial charge is 0.220 e. The third kappa shape index (κ3) is 1.97. The minimum atomic E-state index is 0.246. The highest BCUT2D eigenvalue weighted by atomic mass is 16.1. The summed E-state index contributed by atoms with van der Waals surface area (Å²) in [5.74, 6) is 1.17. The van der Waals surface area contributed by atoms with E-state index in [-0.39, 0.29) is 5.91 Å². The Kier molecular flexibility index (Phi) is 2.88. The highest BCUT2D eigenvalue weighted by Gasteiger charge is 2.37. The van der Waals surface area contributed by atoms with E-state index in [2.05, 4.69) is 10.6 Å². The summed E-state index contributed by atoms with van der Waals surface area (Å²) in [7, 11) is 0. The van der Waals surface area contributed by atoms with Crippen molar-refractivity contribution in [1.82, 2.24) is 10.6 Å². The molecule has 3 atom stereocenters. The van der Waals surface area contributed by atoms with Gasteiger partial charge in [0, 0.05) is 24.5 Å². The van der Waals surface area contributed by atoms with Crippen LogP contribution in [-0.2, 0) is 4.79 Å². The van der Waals surface area contributed by atoms with Crippen LogP contribution in [0.1, 0.15) is 51.4 Å². The average molecular weight is 222 g/mol. The molecule has 1 saturated carbocycles. The summed E-state index contributed by atoms with van der Waals surface area (Å²) in [5.41, 5.74) is 0. The van der Waals surface area contributed by atoms with Crippen LogP contribution in [-0.4, -0.2) is 24.0 Å². The normalized spacial score (nSPS) is 40.5. The van der Waals surface area contributed by atoms with Crippen LogP contribution in [0.25, 0.3) is 0 Å². The van der Waals surface area contributed by atoms with Gasteiger partial charge in [-0.25, -0.2) is 0 Å². The van der Waals surface area contributed by atoms with Gasteiger partial charge < -0.3 is 10.6 Å². The molecule has 3 heteroatoms. The monoisotopic (exact) mass is 222 g/mol. The molecule has 2 saturated heterocycles. The molecule has 3 nitrogen and oxygen atoms in total. The zero-order valence-electron chi connectivity index (χ0n) is 9.87. The summed E-state index contributed by atoms with van der Waals surface area (Å²) in [4.78, 5) is 11.2. The van der Waals surface area contributed by atoms with E-state index >= 15 is 0 Å². The largest absolute Gasteiger partial charge is 0.352 e. The summed E-state index contributed by atoms with van der Waals surface area (Å²) >= 11 is 0. The van der Waals surface area contributed by atoms with Crippen LogP contribution in [0.15, 0.2) is 0 Å². The lowest BCUT2D eigenvalue weighted by Crippen LogP contribution is -2.45. The molecule has 0 spiro atoms. The van der Waals surface area contributed by atoms with Gasteiger partial charge in [0.05, 0.1) is 0 Å². The molecule has 16 heavy (non-hydrogen) atoms. The van der Waals surface area contributed by atoms with Crippen LogP contribution in [0.3, 0.4) is 0 Å². The lowest BCUT2D eigenvalue weighted by molar-refractivity contribution is -0.119. The fourth-order valence-electron chi connectivity index (χ4n) is 3.79. The van der Waals surface area contributed by atoms with Crippen LogP contribution >= 0.6 is 0 Å². The molecule has 2 heterocycles. The molecule has 3 fully saturated rings. The second-order valence-electron chi connectivity index (χ2n) is 5.71. The predicted molar refractivity (Wildman–Crippen MR) is 63.1 cm³/mol. The first-order chi connectivity index (χ1) is 7.83. The predicted octanol–water partition coefficient (Wildman–Crippen LogP) is 1.58. The second kappa shape index (κ2) is 4.36. The maximum atomic E-state index is 11.2. The second-order valence-corrected chi connectivity index (χ2v) is 5.71. The number of hydrogen-bond donors (Lipinski definition) is 2. The first-order valence-corrected chi connectivity index (χ1v) is 6.88. The van der Waals surface area contributed by atoms with Crippen molar-refractivity contribution in [2.24, 2.45) is 5.92 Å². The van der Waals surface area contributed by atoms with Gasteiger partial charge in [-0.1, -0.05) is 12.8 Å². The SMILES string of the molecule is O=C1CCC(C2CCC(C3CCCC3)N2)N1. The van der Waals surface area contributed by atoms with Gasteiger partial charge in [-0.05, 0) is 38.0 Å². The molecule has 0 aromatic rings. The van der Waals surface area contributed by atoms with E-state index in [9.17, 15) is 4.79 Å². The van der Waals surface area contributed by atoms with Crippen molar-refractivity contribution in [2.45, 2.75) is 69.5 Å². The first-order valence-electron chi connectivity index (χ1n) is 6.88. The molecule has 0 aromatic carbocycles. The lowest BCUT2D eigenvalue weighted by atomic mass is 9.97. The molecule has 3 aliphatic rings. The number of carbonyl (C=O) groups excluding carboxylic acids is 1. The van der Waals surface area contributed by atoms with Gasteiger partial charge in [0.2, 0.25) is 5.91 Å². The highest BCUT2D eigenvalue weighted by molar-refractivity contribution is 5.78. The van der Waals surface area contributed by atoms with Gasteiger partial charge >= 0.3 is 0 Å². The third-order valence-electron chi connectivity index (χ3n) is 4.70. The fraction of sp³-hybridized carbons (Fsp3) is 0.923. The van der Waals surface area contributed by atoms with Crippen molar-refractivity contribution in [3.63, 3.8) is 0 Å². The molecule has 2 aliphatic heterocycles. The Bertz CT molecular complexity index is 273. The van der Waals surface area contributed by atoms with E-state index in [0.717, 1.165) is 24.8 Å². The minimum Gasteiger partial charge on any atom is -0.352 e. The van der Waals surface area contributed by atoms with E-state index in [1.165, 1.54) is 38.5 Å². The Morgan fingerprint density at radius 1 is 0.875 bits per heavy atom. The Hall–Kier alpha value is -0.570. The van der Waals surface area contributed by atoms with Crippen LogP contribution in [0.5, 0.6) is 0 Å². The molecule has 3 rings (SSSR count). The van der Waals surface area contributed by atoms with Crippen LogP contribution in [0.4, 0.5) is 0 Å². The summed E-state index contributed by atoms with van der Waals surface area (Å²) in [6.07, 6.45) is 10.0. The van der Waals surface area contributed by atoms with Gasteiger partial charge in [-0.15, -0.1) is 0 Å². The summed E-state index contributed by atoms with van der Waals surface area (Å²) in [6, 6.07) is 1.71. The van der Waals surface area contributed by atoms with Crippen molar-refractivity contribution >= 4 is 5.91 Å². The van der Waals surface area contributed by atoms with E-state index in [1.807, 2.05) is 0 Å². The fourth-order valence-corrected chi connectivity index (χ4v) is 3.79. The van der Waals surface area contributed by atoms with Crippen LogP contribution in [0.2, 0.25) is 0 Å².